The first-order valence-corrected chi connectivity index (χ1v) is 16.1. The number of primary amides is 1. The van der Waals surface area contributed by atoms with Crippen molar-refractivity contribution in [3.05, 3.63) is 39.7 Å². The van der Waals surface area contributed by atoms with Gasteiger partial charge in [0.2, 0.25) is 5.78 Å². The number of rotatable bonds is 13. The Labute approximate surface area is 266 Å². The maximum Gasteiger partial charge on any atom is 0.255 e. The van der Waals surface area contributed by atoms with Crippen molar-refractivity contribution < 1.29 is 34.8 Å². The Balaban J connectivity index is 1.86. The van der Waals surface area contributed by atoms with Crippen LogP contribution in [0.5, 0.6) is 5.75 Å². The van der Waals surface area contributed by atoms with Crippen molar-refractivity contribution in [2.45, 2.75) is 83.4 Å². The third-order valence-corrected chi connectivity index (χ3v) is 9.81. The number of ketones is 2. The Morgan fingerprint density at radius 3 is 2.11 bits per heavy atom. The lowest BCUT2D eigenvalue weighted by Crippen LogP contribution is -2.65. The first kappa shape index (κ1) is 34.5. The number of unbranched alkanes of at least 4 members (excludes halogenated alkanes) is 4. The minimum Gasteiger partial charge on any atom is -0.508 e. The topological polar surface area (TPSA) is 168 Å². The van der Waals surface area contributed by atoms with Crippen LogP contribution in [0.1, 0.15) is 75.5 Å². The molecule has 11 nitrogen and oxygen atoms in total. The molecule has 6 N–H and O–H groups in total. The molecule has 0 bridgehead atoms. The van der Waals surface area contributed by atoms with Crippen LogP contribution < -0.4 is 10.6 Å². The lowest BCUT2D eigenvalue weighted by molar-refractivity contribution is -0.153. The molecule has 0 saturated heterocycles. The third kappa shape index (κ3) is 5.97. The molecular weight excluding hydrogens is 576 g/mol. The van der Waals surface area contributed by atoms with Crippen LogP contribution in [0.4, 0.5) is 5.69 Å². The molecule has 0 aromatic heterocycles. The minimum absolute atomic E-state index is 0.0593. The quantitative estimate of drug-likeness (QED) is 0.162. The lowest BCUT2D eigenvalue weighted by atomic mass is 9.57. The number of aliphatic hydroxyl groups is 3. The number of hydrogen-bond donors (Lipinski definition) is 5. The summed E-state index contributed by atoms with van der Waals surface area (Å²) in [5.74, 6) is -6.40. The van der Waals surface area contributed by atoms with Crippen molar-refractivity contribution >= 4 is 28.9 Å². The number of aromatic hydroxyl groups is 1. The second-order valence-corrected chi connectivity index (χ2v) is 13.3. The molecule has 0 spiro atoms. The maximum absolute atomic E-state index is 14.2. The van der Waals surface area contributed by atoms with Gasteiger partial charge in [-0.2, -0.15) is 0 Å². The molecule has 4 rings (SSSR count). The molecule has 4 atom stereocenters. The van der Waals surface area contributed by atoms with E-state index in [2.05, 4.69) is 18.7 Å². The van der Waals surface area contributed by atoms with Crippen LogP contribution in [-0.2, 0) is 27.3 Å². The van der Waals surface area contributed by atoms with Gasteiger partial charge in [-0.1, -0.05) is 39.5 Å². The van der Waals surface area contributed by atoms with Gasteiger partial charge in [0.25, 0.3) is 5.91 Å². The van der Waals surface area contributed by atoms with Crippen molar-refractivity contribution in [3.8, 4) is 5.75 Å². The summed E-state index contributed by atoms with van der Waals surface area (Å²) in [6.07, 6.45) is 6.76. The molecule has 3 aliphatic rings. The molecule has 0 heterocycles. The zero-order valence-corrected chi connectivity index (χ0v) is 27.5. The number of hydrogen-bond acceptors (Lipinski definition) is 10. The van der Waals surface area contributed by atoms with E-state index in [9.17, 15) is 34.8 Å². The van der Waals surface area contributed by atoms with Gasteiger partial charge in [-0.05, 0) is 70.4 Å². The molecule has 1 saturated carbocycles. The number of nitrogens with two attached hydrogens (primary N) is 1. The molecule has 0 unspecified atom stereocenters. The molecule has 11 heteroatoms. The predicted octanol–water partition coefficient (Wildman–Crippen LogP) is 3.21. The number of likely N-dealkylation sites (N-methyl/N-ethyl adjacent to an activating group) is 1. The summed E-state index contributed by atoms with van der Waals surface area (Å²) in [7, 11) is 6.94. The van der Waals surface area contributed by atoms with E-state index in [4.69, 9.17) is 5.73 Å². The van der Waals surface area contributed by atoms with Crippen molar-refractivity contribution in [1.82, 2.24) is 9.80 Å². The molecule has 0 radical (unpaired) electrons. The van der Waals surface area contributed by atoms with Crippen LogP contribution in [-0.4, -0.2) is 101 Å². The summed E-state index contributed by atoms with van der Waals surface area (Å²) in [6, 6.07) is 0.832. The Kier molecular flexibility index (Phi) is 10.4. The fraction of sp³-hybridized carbons (Fsp3) is 0.618. The summed E-state index contributed by atoms with van der Waals surface area (Å²) in [5, 5.41) is 46.5. The van der Waals surface area contributed by atoms with Crippen molar-refractivity contribution in [2.24, 2.45) is 17.6 Å². The SMILES string of the molecule is CCCCCN(CCCCC)Cc1cc(N(C)C)c2c(c1O)C(O)=C1C(=O)[C@@]3(O)C(O)=C(C(N)=O)C(=O)[C@H](N(C)C)[C@H]3C[C@@H]1C2. The molecular formula is C34H50N4O7. The Bertz CT molecular complexity index is 1410. The van der Waals surface area contributed by atoms with Crippen LogP contribution in [0.15, 0.2) is 23.0 Å². The average Bonchev–Trinajstić information content (AvgIpc) is 2.95. The number of benzene rings is 1. The van der Waals surface area contributed by atoms with Gasteiger partial charge < -0.3 is 31.1 Å². The Hall–Kier alpha value is -3.41. The number of anilines is 1. The second kappa shape index (κ2) is 13.5. The van der Waals surface area contributed by atoms with Crippen LogP contribution in [0, 0.1) is 11.8 Å². The van der Waals surface area contributed by atoms with Gasteiger partial charge in [0, 0.05) is 43.4 Å². The predicted molar refractivity (Wildman–Crippen MR) is 173 cm³/mol. The third-order valence-electron chi connectivity index (χ3n) is 9.81. The van der Waals surface area contributed by atoms with E-state index < -0.39 is 58.0 Å². The van der Waals surface area contributed by atoms with Gasteiger partial charge in [-0.25, -0.2) is 0 Å². The highest BCUT2D eigenvalue weighted by Gasteiger charge is 2.64. The standard InChI is InChI=1S/C34H50N4O7/c1-7-9-11-13-38(14-12-10-8-2)18-20-17-23(36(3)4)21-15-19-16-22-27(37(5)6)30(41)26(33(35)44)32(43)34(22,45)31(42)24(19)29(40)25(21)28(20)39/h17,19,22,27,39-40,43,45H,7-16,18H2,1-6H3,(H2,35,44)/t19-,22+,27+,34+/m0/s1. The molecule has 1 aromatic rings. The lowest BCUT2D eigenvalue weighted by Gasteiger charge is -2.50. The van der Waals surface area contributed by atoms with Crippen molar-refractivity contribution in [3.63, 3.8) is 0 Å². The largest absolute Gasteiger partial charge is 0.508 e. The molecule has 1 amide bonds. The number of amides is 1. The van der Waals surface area contributed by atoms with Crippen molar-refractivity contribution in [1.29, 1.82) is 0 Å². The van der Waals surface area contributed by atoms with Crippen LogP contribution in [0.3, 0.4) is 0 Å². The summed E-state index contributed by atoms with van der Waals surface area (Å²) in [4.78, 5) is 45.6. The van der Waals surface area contributed by atoms with Gasteiger partial charge in [0.15, 0.2) is 11.4 Å². The van der Waals surface area contributed by atoms with E-state index in [1.807, 2.05) is 25.1 Å². The van der Waals surface area contributed by atoms with Gasteiger partial charge in [-0.3, -0.25) is 24.2 Å². The zero-order chi connectivity index (χ0) is 33.4. The zero-order valence-electron chi connectivity index (χ0n) is 27.5. The van der Waals surface area contributed by atoms with E-state index in [1.165, 1.54) is 4.90 Å². The van der Waals surface area contributed by atoms with Crippen LogP contribution >= 0.6 is 0 Å². The molecule has 0 aliphatic heterocycles. The molecule has 3 aliphatic carbocycles. The number of aliphatic hydroxyl groups excluding tert-OH is 2. The monoisotopic (exact) mass is 626 g/mol. The maximum atomic E-state index is 14.2. The number of phenols is 1. The Morgan fingerprint density at radius 1 is 1.00 bits per heavy atom. The highest BCUT2D eigenvalue weighted by Crippen LogP contribution is 2.54. The molecule has 1 aromatic carbocycles. The van der Waals surface area contributed by atoms with Crippen molar-refractivity contribution in [2.75, 3.05) is 46.2 Å². The van der Waals surface area contributed by atoms with Gasteiger partial charge >= 0.3 is 0 Å². The fourth-order valence-electron chi connectivity index (χ4n) is 7.55. The molecule has 45 heavy (non-hydrogen) atoms. The van der Waals surface area contributed by atoms with Gasteiger partial charge in [0.1, 0.15) is 22.8 Å². The van der Waals surface area contributed by atoms with E-state index in [-0.39, 0.29) is 29.7 Å². The smallest absolute Gasteiger partial charge is 0.255 e. The summed E-state index contributed by atoms with van der Waals surface area (Å²) in [6.45, 7) is 6.51. The minimum atomic E-state index is -2.66. The average molecular weight is 627 g/mol. The fourth-order valence-corrected chi connectivity index (χ4v) is 7.55. The second-order valence-electron chi connectivity index (χ2n) is 13.3. The Morgan fingerprint density at radius 2 is 1.60 bits per heavy atom. The first-order valence-electron chi connectivity index (χ1n) is 16.1. The number of carbonyl (C=O) groups excluding carboxylic acids is 3. The highest BCUT2D eigenvalue weighted by atomic mass is 16.3. The van der Waals surface area contributed by atoms with E-state index in [0.29, 0.717) is 17.7 Å². The number of phenolic OH excluding ortho intramolecular Hbond substituents is 1. The van der Waals surface area contributed by atoms with Gasteiger partial charge in [-0.15, -0.1) is 0 Å². The first-order chi connectivity index (χ1) is 21.2. The van der Waals surface area contributed by atoms with E-state index in [0.717, 1.165) is 57.3 Å². The van der Waals surface area contributed by atoms with Crippen LogP contribution in [0.25, 0.3) is 5.76 Å². The van der Waals surface area contributed by atoms with E-state index >= 15 is 0 Å². The molecule has 248 valence electrons. The number of nitrogens with zero attached hydrogens (tertiary/aromatic N) is 3. The summed E-state index contributed by atoms with van der Waals surface area (Å²) < 4.78 is 0. The number of carbonyl (C=O) groups is 3. The highest BCUT2D eigenvalue weighted by molar-refractivity contribution is 6.24. The van der Waals surface area contributed by atoms with Gasteiger partial charge in [0.05, 0.1) is 11.6 Å². The molecule has 1 fully saturated rings. The summed E-state index contributed by atoms with van der Waals surface area (Å²) >= 11 is 0. The summed E-state index contributed by atoms with van der Waals surface area (Å²) in [5.41, 5.74) is 4.03. The van der Waals surface area contributed by atoms with Crippen LogP contribution in [0.2, 0.25) is 0 Å². The van der Waals surface area contributed by atoms with E-state index in [1.54, 1.807) is 14.1 Å². The number of fused-ring (bicyclic) bond motifs is 3. The normalized spacial score (nSPS) is 24.7. The number of Topliss-reactive ketones (excluding diaryl/α,β-unsaturated/α-hetero) is 2.